The fourth-order valence-electron chi connectivity index (χ4n) is 2.93. The van der Waals surface area contributed by atoms with E-state index in [1.807, 2.05) is 4.90 Å². The molecule has 3 rings (SSSR count). The number of anilines is 2. The lowest BCUT2D eigenvalue weighted by atomic mass is 10.2. The van der Waals surface area contributed by atoms with E-state index in [1.165, 1.54) is 32.3 Å². The van der Waals surface area contributed by atoms with Crippen molar-refractivity contribution in [1.82, 2.24) is 9.62 Å². The molecule has 0 aromatic heterocycles. The van der Waals surface area contributed by atoms with Crippen LogP contribution in [0, 0.1) is 0 Å². The fraction of sp³-hybridized carbons (Fsp3) is 0.263. The normalized spacial score (nSPS) is 14.6. The van der Waals surface area contributed by atoms with Crippen molar-refractivity contribution in [3.8, 4) is 0 Å². The Kier molecular flexibility index (Phi) is 6.56. The van der Waals surface area contributed by atoms with Gasteiger partial charge in [-0.05, 0) is 36.4 Å². The van der Waals surface area contributed by atoms with Crippen molar-refractivity contribution in [1.29, 1.82) is 0 Å². The van der Waals surface area contributed by atoms with E-state index < -0.39 is 15.9 Å². The van der Waals surface area contributed by atoms with Crippen molar-refractivity contribution >= 4 is 56.4 Å². The third-order valence-electron chi connectivity index (χ3n) is 4.55. The van der Waals surface area contributed by atoms with Crippen LogP contribution in [0.25, 0.3) is 0 Å². The van der Waals surface area contributed by atoms with Gasteiger partial charge in [0.05, 0.1) is 32.7 Å². The number of hydrogen-bond donors (Lipinski definition) is 2. The molecule has 0 spiro atoms. The van der Waals surface area contributed by atoms with Crippen LogP contribution in [0.3, 0.4) is 0 Å². The van der Waals surface area contributed by atoms with E-state index in [9.17, 15) is 18.0 Å². The Hall–Kier alpha value is -2.33. The Morgan fingerprint density at radius 2 is 1.87 bits per heavy atom. The van der Waals surface area contributed by atoms with Gasteiger partial charge in [-0.2, -0.15) is 0 Å². The van der Waals surface area contributed by atoms with Crippen molar-refractivity contribution in [3.05, 3.63) is 52.0 Å². The lowest BCUT2D eigenvalue weighted by molar-refractivity contribution is -0.120. The van der Waals surface area contributed by atoms with Crippen LogP contribution in [-0.4, -0.2) is 58.3 Å². The minimum absolute atomic E-state index is 0.0208. The van der Waals surface area contributed by atoms with Gasteiger partial charge >= 0.3 is 0 Å². The molecule has 2 aromatic rings. The van der Waals surface area contributed by atoms with Crippen molar-refractivity contribution < 1.29 is 18.0 Å². The number of benzene rings is 2. The van der Waals surface area contributed by atoms with Crippen LogP contribution < -0.4 is 15.5 Å². The van der Waals surface area contributed by atoms with Crippen molar-refractivity contribution in [3.63, 3.8) is 0 Å². The van der Waals surface area contributed by atoms with Crippen LogP contribution in [0.1, 0.15) is 10.4 Å². The number of halogens is 2. The highest BCUT2D eigenvalue weighted by Crippen LogP contribution is 2.30. The molecule has 0 radical (unpaired) electrons. The summed E-state index contributed by atoms with van der Waals surface area (Å²) in [5, 5.41) is 5.91. The third-order valence-corrected chi connectivity index (χ3v) is 6.99. The second kappa shape index (κ2) is 8.81. The molecule has 30 heavy (non-hydrogen) atoms. The van der Waals surface area contributed by atoms with Crippen LogP contribution >= 0.6 is 23.2 Å². The maximum atomic E-state index is 12.7. The fourth-order valence-corrected chi connectivity index (χ4v) is 4.37. The zero-order valence-corrected chi connectivity index (χ0v) is 18.6. The topological polar surface area (TPSA) is 98.8 Å². The van der Waals surface area contributed by atoms with Crippen molar-refractivity contribution in [2.45, 2.75) is 4.90 Å². The molecule has 0 bridgehead atoms. The summed E-state index contributed by atoms with van der Waals surface area (Å²) in [4.78, 5) is 26.1. The number of piperazine rings is 1. The molecule has 2 N–H and O–H groups in total. The van der Waals surface area contributed by atoms with Crippen LogP contribution in [-0.2, 0) is 14.8 Å². The summed E-state index contributed by atoms with van der Waals surface area (Å²) >= 11 is 12.5. The van der Waals surface area contributed by atoms with E-state index in [1.54, 1.807) is 18.2 Å². The number of nitrogens with zero attached hydrogens (tertiary/aromatic N) is 2. The second-order valence-corrected chi connectivity index (χ2v) is 9.79. The molecular formula is C19H20Cl2N4O4S. The highest BCUT2D eigenvalue weighted by Gasteiger charge is 2.22. The summed E-state index contributed by atoms with van der Waals surface area (Å²) in [6.45, 7) is 1.35. The van der Waals surface area contributed by atoms with Gasteiger partial charge in [0.2, 0.25) is 15.9 Å². The summed E-state index contributed by atoms with van der Waals surface area (Å²) in [6.07, 6.45) is 0. The summed E-state index contributed by atoms with van der Waals surface area (Å²) < 4.78 is 25.7. The Morgan fingerprint density at radius 3 is 2.50 bits per heavy atom. The summed E-state index contributed by atoms with van der Waals surface area (Å²) in [6, 6.07) is 8.87. The number of hydrogen-bond acceptors (Lipinski definition) is 5. The van der Waals surface area contributed by atoms with Gasteiger partial charge in [-0.1, -0.05) is 23.2 Å². The number of sulfonamides is 1. The minimum Gasteiger partial charge on any atom is -0.359 e. The molecule has 0 saturated carbocycles. The SMILES string of the molecule is CN(C)S(=O)(=O)c1ccc(Cl)c(C(=O)Nc2ccc(N3CCNC(=O)C3)c(Cl)c2)c1. The Balaban J connectivity index is 1.83. The summed E-state index contributed by atoms with van der Waals surface area (Å²) in [7, 11) is -0.912. The molecule has 1 aliphatic rings. The predicted octanol–water partition coefficient (Wildman–Crippen LogP) is 2.43. The first-order chi connectivity index (χ1) is 14.1. The lowest BCUT2D eigenvalue weighted by Gasteiger charge is -2.29. The first-order valence-electron chi connectivity index (χ1n) is 8.94. The number of carbonyl (C=O) groups excluding carboxylic acids is 2. The van der Waals surface area contributed by atoms with E-state index in [0.717, 1.165) is 4.31 Å². The average molecular weight is 471 g/mol. The smallest absolute Gasteiger partial charge is 0.257 e. The van der Waals surface area contributed by atoms with Gasteiger partial charge in [0.25, 0.3) is 5.91 Å². The van der Waals surface area contributed by atoms with Gasteiger partial charge in [0.15, 0.2) is 0 Å². The molecule has 11 heteroatoms. The average Bonchev–Trinajstić information content (AvgIpc) is 2.68. The van der Waals surface area contributed by atoms with E-state index >= 15 is 0 Å². The number of rotatable bonds is 5. The van der Waals surface area contributed by atoms with E-state index in [0.29, 0.717) is 29.5 Å². The molecule has 160 valence electrons. The van der Waals surface area contributed by atoms with Crippen molar-refractivity contribution in [2.75, 3.05) is 43.9 Å². The Morgan fingerprint density at radius 1 is 1.13 bits per heavy atom. The molecular weight excluding hydrogens is 451 g/mol. The lowest BCUT2D eigenvalue weighted by Crippen LogP contribution is -2.47. The van der Waals surface area contributed by atoms with Crippen LogP contribution in [0.15, 0.2) is 41.3 Å². The highest BCUT2D eigenvalue weighted by atomic mass is 35.5. The molecule has 0 atom stereocenters. The first kappa shape index (κ1) is 22.4. The zero-order valence-electron chi connectivity index (χ0n) is 16.3. The Labute approximate surface area is 184 Å². The van der Waals surface area contributed by atoms with E-state index in [-0.39, 0.29) is 27.9 Å². The minimum atomic E-state index is -3.72. The third kappa shape index (κ3) is 4.70. The van der Waals surface area contributed by atoms with E-state index in [2.05, 4.69) is 10.6 Å². The standard InChI is InChI=1S/C19H20Cl2N4O4S/c1-24(2)30(28,29)13-4-5-15(20)14(10-13)19(27)23-12-3-6-17(16(21)9-12)25-8-7-22-18(26)11-25/h3-6,9-10H,7-8,11H2,1-2H3,(H,22,26)(H,23,27). The molecule has 8 nitrogen and oxygen atoms in total. The van der Waals surface area contributed by atoms with E-state index in [4.69, 9.17) is 23.2 Å². The monoisotopic (exact) mass is 470 g/mol. The molecule has 1 heterocycles. The molecule has 2 amide bonds. The first-order valence-corrected chi connectivity index (χ1v) is 11.1. The van der Waals surface area contributed by atoms with Gasteiger partial charge < -0.3 is 15.5 Å². The maximum Gasteiger partial charge on any atom is 0.257 e. The molecule has 0 unspecified atom stereocenters. The number of carbonyl (C=O) groups is 2. The number of amides is 2. The van der Waals surface area contributed by atoms with Gasteiger partial charge in [0, 0.05) is 32.9 Å². The van der Waals surface area contributed by atoms with Gasteiger partial charge in [0.1, 0.15) is 0 Å². The summed E-state index contributed by atoms with van der Waals surface area (Å²) in [5.41, 5.74) is 1.11. The van der Waals surface area contributed by atoms with Crippen molar-refractivity contribution in [2.24, 2.45) is 0 Å². The molecule has 1 saturated heterocycles. The molecule has 2 aromatic carbocycles. The van der Waals surface area contributed by atoms with Crippen LogP contribution in [0.2, 0.25) is 10.0 Å². The van der Waals surface area contributed by atoms with Crippen LogP contribution in [0.4, 0.5) is 11.4 Å². The van der Waals surface area contributed by atoms with Gasteiger partial charge in [-0.3, -0.25) is 9.59 Å². The van der Waals surface area contributed by atoms with Gasteiger partial charge in [-0.15, -0.1) is 0 Å². The molecule has 1 fully saturated rings. The predicted molar refractivity (Wildman–Crippen MR) is 117 cm³/mol. The van der Waals surface area contributed by atoms with Gasteiger partial charge in [-0.25, -0.2) is 12.7 Å². The maximum absolute atomic E-state index is 12.7. The van der Waals surface area contributed by atoms with Crippen LogP contribution in [0.5, 0.6) is 0 Å². The highest BCUT2D eigenvalue weighted by molar-refractivity contribution is 7.89. The quantitative estimate of drug-likeness (QED) is 0.698. The molecule has 0 aliphatic carbocycles. The molecule has 1 aliphatic heterocycles. The number of nitrogens with one attached hydrogen (secondary N) is 2. The largest absolute Gasteiger partial charge is 0.359 e. The zero-order chi connectivity index (χ0) is 22.1. The summed E-state index contributed by atoms with van der Waals surface area (Å²) in [5.74, 6) is -0.658. The second-order valence-electron chi connectivity index (χ2n) is 6.82. The Bertz CT molecular complexity index is 1110.